The van der Waals surface area contributed by atoms with E-state index in [1.807, 2.05) is 6.33 Å². The molecular formula is C25H33N7O. The number of ether oxygens (including phenoxy) is 1. The van der Waals surface area contributed by atoms with E-state index in [9.17, 15) is 0 Å². The molecule has 1 saturated heterocycles. The lowest BCUT2D eigenvalue weighted by Crippen LogP contribution is -2.36. The number of aryl methyl sites for hydroxylation is 1. The van der Waals surface area contributed by atoms with Gasteiger partial charge in [0.15, 0.2) is 17.0 Å². The Morgan fingerprint density at radius 2 is 1.76 bits per heavy atom. The molecule has 0 atom stereocenters. The molecule has 33 heavy (non-hydrogen) atoms. The molecule has 0 saturated carbocycles. The van der Waals surface area contributed by atoms with Crippen molar-refractivity contribution in [1.29, 1.82) is 0 Å². The molecule has 3 aromatic heterocycles. The van der Waals surface area contributed by atoms with Crippen molar-refractivity contribution in [2.24, 2.45) is 0 Å². The van der Waals surface area contributed by atoms with E-state index in [1.165, 1.54) is 44.0 Å². The predicted octanol–water partition coefficient (Wildman–Crippen LogP) is 4.42. The van der Waals surface area contributed by atoms with Crippen molar-refractivity contribution >= 4 is 28.0 Å². The van der Waals surface area contributed by atoms with Crippen LogP contribution in [0.1, 0.15) is 51.3 Å². The van der Waals surface area contributed by atoms with Crippen LogP contribution in [0.2, 0.25) is 0 Å². The van der Waals surface area contributed by atoms with Crippen LogP contribution in [0.15, 0.2) is 36.9 Å². The van der Waals surface area contributed by atoms with Crippen LogP contribution in [-0.4, -0.2) is 55.4 Å². The molecule has 0 unspecified atom stereocenters. The maximum absolute atomic E-state index is 5.50. The van der Waals surface area contributed by atoms with E-state index < -0.39 is 0 Å². The minimum atomic E-state index is 0.639. The van der Waals surface area contributed by atoms with Crippen molar-refractivity contribution in [2.45, 2.75) is 58.5 Å². The zero-order valence-electron chi connectivity index (χ0n) is 19.5. The highest BCUT2D eigenvalue weighted by molar-refractivity contribution is 5.83. The number of imidazole rings is 2. The first-order chi connectivity index (χ1) is 16.3. The maximum Gasteiger partial charge on any atom is 0.165 e. The second-order valence-electron chi connectivity index (χ2n) is 8.78. The normalized spacial score (nSPS) is 14.5. The Morgan fingerprint density at radius 3 is 2.64 bits per heavy atom. The summed E-state index contributed by atoms with van der Waals surface area (Å²) in [5.41, 5.74) is 3.95. The van der Waals surface area contributed by atoms with Gasteiger partial charge in [0.2, 0.25) is 0 Å². The van der Waals surface area contributed by atoms with E-state index in [0.717, 1.165) is 48.0 Å². The molecular weight excluding hydrogens is 414 g/mol. The van der Waals surface area contributed by atoms with Crippen LogP contribution >= 0.6 is 0 Å². The van der Waals surface area contributed by atoms with Gasteiger partial charge in [0.25, 0.3) is 0 Å². The summed E-state index contributed by atoms with van der Waals surface area (Å²) < 4.78 is 9.97. The van der Waals surface area contributed by atoms with Crippen LogP contribution in [0.4, 0.5) is 5.82 Å². The Hall–Kier alpha value is -3.00. The zero-order valence-corrected chi connectivity index (χ0v) is 19.5. The smallest absolute Gasteiger partial charge is 0.165 e. The second kappa shape index (κ2) is 10.3. The van der Waals surface area contributed by atoms with Gasteiger partial charge in [0, 0.05) is 19.6 Å². The lowest BCUT2D eigenvalue weighted by molar-refractivity contribution is 0.122. The van der Waals surface area contributed by atoms with Crippen LogP contribution in [0, 0.1) is 0 Å². The first kappa shape index (κ1) is 21.8. The summed E-state index contributed by atoms with van der Waals surface area (Å²) in [6.07, 6.45) is 11.2. The van der Waals surface area contributed by atoms with Gasteiger partial charge in [0.05, 0.1) is 37.1 Å². The summed E-state index contributed by atoms with van der Waals surface area (Å²) in [4.78, 5) is 21.0. The first-order valence-electron chi connectivity index (χ1n) is 12.3. The molecule has 0 amide bonds. The summed E-state index contributed by atoms with van der Waals surface area (Å²) in [5.74, 6) is 1.94. The molecule has 0 aliphatic carbocycles. The van der Waals surface area contributed by atoms with Crippen molar-refractivity contribution in [3.8, 4) is 0 Å². The number of unbranched alkanes of at least 4 members (excludes halogenated alkanes) is 5. The molecule has 0 bridgehead atoms. The highest BCUT2D eigenvalue weighted by Crippen LogP contribution is 2.24. The van der Waals surface area contributed by atoms with Crippen molar-refractivity contribution in [1.82, 2.24) is 29.1 Å². The average Bonchev–Trinajstić information content (AvgIpc) is 3.43. The quantitative estimate of drug-likeness (QED) is 0.335. The molecule has 1 aliphatic rings. The number of fused-ring (bicyclic) bond motifs is 2. The van der Waals surface area contributed by atoms with E-state index in [0.29, 0.717) is 19.8 Å². The van der Waals surface area contributed by atoms with Crippen molar-refractivity contribution in [2.75, 3.05) is 31.2 Å². The van der Waals surface area contributed by atoms with E-state index in [4.69, 9.17) is 14.7 Å². The number of nitrogens with zero attached hydrogens (tertiary/aromatic N) is 7. The molecule has 1 aromatic carbocycles. The summed E-state index contributed by atoms with van der Waals surface area (Å²) in [5, 5.41) is 0. The lowest BCUT2D eigenvalue weighted by Gasteiger charge is -2.27. The standard InChI is InChI=1S/C25H33N7O/c1-2-3-4-5-6-9-12-32-21-11-8-7-10-20(21)29-22(32)17-31-19-28-23-24(26-18-27-25(23)31)30-13-15-33-16-14-30/h7-8,10-11,18-19H,2-6,9,12-17H2,1H3. The summed E-state index contributed by atoms with van der Waals surface area (Å²) >= 11 is 0. The molecule has 8 nitrogen and oxygen atoms in total. The SMILES string of the molecule is CCCCCCCCn1c(Cn2cnc3c(N4CCOCC4)ncnc32)nc2ccccc21. The number of rotatable bonds is 10. The van der Waals surface area contributed by atoms with Crippen LogP contribution in [0.3, 0.4) is 0 Å². The van der Waals surface area contributed by atoms with Crippen LogP contribution < -0.4 is 4.90 Å². The Bertz CT molecular complexity index is 1190. The average molecular weight is 448 g/mol. The zero-order chi connectivity index (χ0) is 22.5. The van der Waals surface area contributed by atoms with Gasteiger partial charge in [-0.2, -0.15) is 0 Å². The van der Waals surface area contributed by atoms with Gasteiger partial charge in [-0.25, -0.2) is 19.9 Å². The molecule has 1 fully saturated rings. The topological polar surface area (TPSA) is 73.9 Å². The number of morpholine rings is 1. The molecule has 0 spiro atoms. The van der Waals surface area contributed by atoms with Gasteiger partial charge in [0.1, 0.15) is 12.2 Å². The highest BCUT2D eigenvalue weighted by Gasteiger charge is 2.19. The fourth-order valence-corrected chi connectivity index (χ4v) is 4.69. The third kappa shape index (κ3) is 4.71. The van der Waals surface area contributed by atoms with Gasteiger partial charge < -0.3 is 18.8 Å². The van der Waals surface area contributed by atoms with Gasteiger partial charge in [-0.3, -0.25) is 0 Å². The largest absolute Gasteiger partial charge is 0.378 e. The Balaban J connectivity index is 1.39. The number of benzene rings is 1. The van der Waals surface area contributed by atoms with Crippen LogP contribution in [0.25, 0.3) is 22.2 Å². The van der Waals surface area contributed by atoms with E-state index in [-0.39, 0.29) is 0 Å². The molecule has 1 aliphatic heterocycles. The number of hydrogen-bond acceptors (Lipinski definition) is 6. The van der Waals surface area contributed by atoms with Gasteiger partial charge in [-0.15, -0.1) is 0 Å². The molecule has 0 radical (unpaired) electrons. The fourth-order valence-electron chi connectivity index (χ4n) is 4.69. The van der Waals surface area contributed by atoms with Crippen LogP contribution in [0.5, 0.6) is 0 Å². The molecule has 0 N–H and O–H groups in total. The van der Waals surface area contributed by atoms with E-state index in [2.05, 4.69) is 55.2 Å². The van der Waals surface area contributed by atoms with Gasteiger partial charge >= 0.3 is 0 Å². The number of anilines is 1. The third-order valence-corrected chi connectivity index (χ3v) is 6.47. The van der Waals surface area contributed by atoms with Crippen molar-refractivity contribution in [3.05, 3.63) is 42.7 Å². The van der Waals surface area contributed by atoms with Crippen molar-refractivity contribution in [3.63, 3.8) is 0 Å². The number of hydrogen-bond donors (Lipinski definition) is 0. The highest BCUT2D eigenvalue weighted by atomic mass is 16.5. The Labute approximate surface area is 194 Å². The first-order valence-corrected chi connectivity index (χ1v) is 12.3. The van der Waals surface area contributed by atoms with Gasteiger partial charge in [-0.1, -0.05) is 51.2 Å². The van der Waals surface area contributed by atoms with E-state index >= 15 is 0 Å². The molecule has 174 valence electrons. The lowest BCUT2D eigenvalue weighted by atomic mass is 10.1. The minimum Gasteiger partial charge on any atom is -0.378 e. The maximum atomic E-state index is 5.50. The summed E-state index contributed by atoms with van der Waals surface area (Å²) in [6.45, 7) is 6.98. The Morgan fingerprint density at radius 1 is 0.939 bits per heavy atom. The molecule has 4 aromatic rings. The minimum absolute atomic E-state index is 0.639. The molecule has 4 heterocycles. The summed E-state index contributed by atoms with van der Waals surface area (Å²) in [6, 6.07) is 8.43. The third-order valence-electron chi connectivity index (χ3n) is 6.47. The number of para-hydroxylation sites is 2. The second-order valence-corrected chi connectivity index (χ2v) is 8.78. The molecule has 8 heteroatoms. The molecule has 5 rings (SSSR count). The van der Waals surface area contributed by atoms with Crippen LogP contribution in [-0.2, 0) is 17.8 Å². The predicted molar refractivity (Wildman–Crippen MR) is 131 cm³/mol. The van der Waals surface area contributed by atoms with Gasteiger partial charge in [-0.05, 0) is 18.6 Å². The van der Waals surface area contributed by atoms with Crippen molar-refractivity contribution < 1.29 is 4.74 Å². The monoisotopic (exact) mass is 447 g/mol. The summed E-state index contributed by atoms with van der Waals surface area (Å²) in [7, 11) is 0. The fraction of sp³-hybridized carbons (Fsp3) is 0.520. The Kier molecular flexibility index (Phi) is 6.81. The number of aromatic nitrogens is 6. The van der Waals surface area contributed by atoms with E-state index in [1.54, 1.807) is 6.33 Å².